The molecule has 3 aromatic carbocycles. The molecule has 0 unspecified atom stereocenters. The molecule has 1 N–H and O–H groups in total. The molecule has 2 aromatic heterocycles. The fourth-order valence-electron chi connectivity index (χ4n) is 4.06. The van der Waals surface area contributed by atoms with E-state index < -0.39 is 0 Å². The van der Waals surface area contributed by atoms with Gasteiger partial charge in [-0.25, -0.2) is 9.37 Å². The normalized spacial score (nSPS) is 11.1. The van der Waals surface area contributed by atoms with Crippen molar-refractivity contribution in [3.05, 3.63) is 89.6 Å². The highest BCUT2D eigenvalue weighted by atomic mass is 32.2. The molecule has 0 aliphatic rings. The Labute approximate surface area is 234 Å². The fraction of sp³-hybridized carbons (Fsp3) is 0.172. The number of para-hydroxylation sites is 1. The fourth-order valence-corrected chi connectivity index (χ4v) is 5.54. The van der Waals surface area contributed by atoms with E-state index in [1.54, 1.807) is 19.2 Å². The number of carbonyl (C=O) groups is 1. The lowest BCUT2D eigenvalue weighted by molar-refractivity contribution is -0.113. The zero-order valence-electron chi connectivity index (χ0n) is 21.6. The summed E-state index contributed by atoms with van der Waals surface area (Å²) in [6.07, 6.45) is 0. The van der Waals surface area contributed by atoms with Crippen LogP contribution in [0.15, 0.2) is 83.3 Å². The summed E-state index contributed by atoms with van der Waals surface area (Å²) < 4.78 is 20.6. The van der Waals surface area contributed by atoms with Crippen LogP contribution in [0.4, 0.5) is 9.52 Å². The van der Waals surface area contributed by atoms with Crippen molar-refractivity contribution < 1.29 is 13.9 Å². The molecule has 0 aliphatic heterocycles. The molecular weight excluding hydrogens is 533 g/mol. The van der Waals surface area contributed by atoms with Gasteiger partial charge in [-0.2, -0.15) is 0 Å². The Morgan fingerprint density at radius 1 is 1.03 bits per heavy atom. The molecule has 5 rings (SSSR count). The van der Waals surface area contributed by atoms with Crippen molar-refractivity contribution in [3.63, 3.8) is 0 Å². The van der Waals surface area contributed by atoms with Crippen molar-refractivity contribution in [2.45, 2.75) is 24.9 Å². The highest BCUT2D eigenvalue weighted by molar-refractivity contribution is 7.99. The number of amides is 1. The van der Waals surface area contributed by atoms with Crippen LogP contribution < -0.4 is 10.1 Å². The van der Waals surface area contributed by atoms with Crippen LogP contribution in [0.5, 0.6) is 5.75 Å². The number of thioether (sulfide) groups is 1. The minimum Gasteiger partial charge on any atom is -0.497 e. The van der Waals surface area contributed by atoms with E-state index in [2.05, 4.69) is 40.4 Å². The van der Waals surface area contributed by atoms with Crippen molar-refractivity contribution >= 4 is 34.1 Å². The maximum atomic E-state index is 13.2. The quantitative estimate of drug-likeness (QED) is 0.195. The van der Waals surface area contributed by atoms with Crippen molar-refractivity contribution in [2.24, 2.45) is 0 Å². The highest BCUT2D eigenvalue weighted by Gasteiger charge is 2.20. The maximum Gasteiger partial charge on any atom is 0.236 e. The van der Waals surface area contributed by atoms with Crippen molar-refractivity contribution in [3.8, 4) is 34.1 Å². The van der Waals surface area contributed by atoms with Gasteiger partial charge in [0.2, 0.25) is 5.91 Å². The lowest BCUT2D eigenvalue weighted by atomic mass is 10.0. The molecule has 5 aromatic rings. The first-order valence-corrected chi connectivity index (χ1v) is 14.1. The van der Waals surface area contributed by atoms with Crippen LogP contribution in [0.3, 0.4) is 0 Å². The smallest absolute Gasteiger partial charge is 0.236 e. The molecule has 0 saturated carbocycles. The molecule has 1 amide bonds. The van der Waals surface area contributed by atoms with E-state index in [4.69, 9.17) is 4.74 Å². The van der Waals surface area contributed by atoms with Gasteiger partial charge in [-0.15, -0.1) is 21.5 Å². The number of nitrogens with one attached hydrogen (secondary N) is 1. The Hall–Kier alpha value is -4.02. The van der Waals surface area contributed by atoms with Gasteiger partial charge in [0.05, 0.1) is 24.2 Å². The number of nitrogens with zero attached hydrogens (tertiary/aromatic N) is 4. The van der Waals surface area contributed by atoms with Gasteiger partial charge in [0, 0.05) is 16.5 Å². The average molecular weight is 560 g/mol. The number of benzene rings is 3. The van der Waals surface area contributed by atoms with Gasteiger partial charge in [0.25, 0.3) is 0 Å². The van der Waals surface area contributed by atoms with E-state index in [0.29, 0.717) is 21.8 Å². The average Bonchev–Trinajstić information content (AvgIpc) is 3.59. The molecule has 198 valence electrons. The predicted molar refractivity (Wildman–Crippen MR) is 154 cm³/mol. The number of aromatic nitrogens is 4. The summed E-state index contributed by atoms with van der Waals surface area (Å²) in [5.74, 6) is 1.31. The van der Waals surface area contributed by atoms with E-state index >= 15 is 0 Å². The zero-order chi connectivity index (χ0) is 27.4. The number of halogens is 1. The molecule has 10 heteroatoms. The summed E-state index contributed by atoms with van der Waals surface area (Å²) in [6, 6.07) is 21.9. The van der Waals surface area contributed by atoms with E-state index in [1.807, 2.05) is 52.4 Å². The first-order valence-electron chi connectivity index (χ1n) is 12.3. The molecular formula is C29H26FN5O2S2. The third kappa shape index (κ3) is 6.02. The van der Waals surface area contributed by atoms with Gasteiger partial charge in [0.1, 0.15) is 11.6 Å². The van der Waals surface area contributed by atoms with Crippen molar-refractivity contribution in [2.75, 3.05) is 18.2 Å². The second kappa shape index (κ2) is 11.8. The van der Waals surface area contributed by atoms with Crippen molar-refractivity contribution in [1.82, 2.24) is 19.7 Å². The molecule has 0 saturated heterocycles. The lowest BCUT2D eigenvalue weighted by Crippen LogP contribution is -2.14. The van der Waals surface area contributed by atoms with Gasteiger partial charge < -0.3 is 10.1 Å². The van der Waals surface area contributed by atoms with Gasteiger partial charge in [0.15, 0.2) is 16.1 Å². The summed E-state index contributed by atoms with van der Waals surface area (Å²) in [5.41, 5.74) is 4.46. The molecule has 0 radical (unpaired) electrons. The van der Waals surface area contributed by atoms with Gasteiger partial charge in [-0.05, 0) is 66.1 Å². The molecule has 0 spiro atoms. The summed E-state index contributed by atoms with van der Waals surface area (Å²) >= 11 is 2.62. The van der Waals surface area contributed by atoms with Gasteiger partial charge in [-0.1, -0.05) is 43.8 Å². The molecule has 0 atom stereocenters. The summed E-state index contributed by atoms with van der Waals surface area (Å²) in [4.78, 5) is 17.3. The monoisotopic (exact) mass is 559 g/mol. The van der Waals surface area contributed by atoms with Crippen LogP contribution in [0.2, 0.25) is 0 Å². The molecule has 2 heterocycles. The van der Waals surface area contributed by atoms with Crippen LogP contribution in [-0.4, -0.2) is 38.5 Å². The van der Waals surface area contributed by atoms with E-state index in [-0.39, 0.29) is 23.4 Å². The topological polar surface area (TPSA) is 81.9 Å². The lowest BCUT2D eigenvalue weighted by Gasteiger charge is -2.17. The number of carbonyl (C=O) groups excluding carboxylic acids is 1. The Bertz CT molecular complexity index is 1580. The Balaban J connectivity index is 1.38. The third-order valence-corrected chi connectivity index (χ3v) is 7.69. The number of hydrogen-bond acceptors (Lipinski definition) is 7. The largest absolute Gasteiger partial charge is 0.497 e. The number of anilines is 1. The first-order chi connectivity index (χ1) is 18.9. The molecule has 0 fully saturated rings. The van der Waals surface area contributed by atoms with Crippen LogP contribution in [0, 0.1) is 5.82 Å². The summed E-state index contributed by atoms with van der Waals surface area (Å²) in [5, 5.41) is 14.7. The molecule has 0 aliphatic carbocycles. The second-order valence-electron chi connectivity index (χ2n) is 8.97. The second-order valence-corrected chi connectivity index (χ2v) is 10.8. The first kappa shape index (κ1) is 26.6. The van der Waals surface area contributed by atoms with E-state index in [9.17, 15) is 9.18 Å². The Kier molecular flexibility index (Phi) is 8.04. The number of hydrogen-bond donors (Lipinski definition) is 1. The molecule has 0 bridgehead atoms. The SMILES string of the molecule is COc1ccc(-c2nnc(SCC(=O)Nc3nc(-c4ccc(F)cc4)cs3)n2-c2ccccc2C(C)C)cc1. The van der Waals surface area contributed by atoms with E-state index in [1.165, 1.54) is 35.2 Å². The molecule has 39 heavy (non-hydrogen) atoms. The van der Waals surface area contributed by atoms with Crippen LogP contribution in [0.1, 0.15) is 25.3 Å². The number of ether oxygens (including phenoxy) is 1. The molecule has 7 nitrogen and oxygen atoms in total. The van der Waals surface area contributed by atoms with Crippen LogP contribution >= 0.6 is 23.1 Å². The number of methoxy groups -OCH3 is 1. The van der Waals surface area contributed by atoms with Gasteiger partial charge in [-0.3, -0.25) is 9.36 Å². The number of rotatable bonds is 9. The summed E-state index contributed by atoms with van der Waals surface area (Å²) in [7, 11) is 1.63. The van der Waals surface area contributed by atoms with Crippen LogP contribution in [0.25, 0.3) is 28.3 Å². The highest BCUT2D eigenvalue weighted by Crippen LogP contribution is 2.33. The van der Waals surface area contributed by atoms with Gasteiger partial charge >= 0.3 is 0 Å². The van der Waals surface area contributed by atoms with Crippen LogP contribution in [-0.2, 0) is 4.79 Å². The Morgan fingerprint density at radius 3 is 2.46 bits per heavy atom. The number of thiazole rings is 1. The third-order valence-electron chi connectivity index (χ3n) is 6.00. The van der Waals surface area contributed by atoms with Crippen molar-refractivity contribution in [1.29, 1.82) is 0 Å². The standard InChI is InChI=1S/C29H26FN5O2S2/c1-18(2)23-6-4-5-7-25(23)35-27(20-10-14-22(37-3)15-11-20)33-34-29(35)39-17-26(36)32-28-31-24(16-38-28)19-8-12-21(30)13-9-19/h4-16,18H,17H2,1-3H3,(H,31,32,36). The van der Waals surface area contributed by atoms with E-state index in [0.717, 1.165) is 28.1 Å². The minimum absolute atomic E-state index is 0.121. The Morgan fingerprint density at radius 2 is 1.74 bits per heavy atom. The zero-order valence-corrected chi connectivity index (χ0v) is 23.2. The maximum absolute atomic E-state index is 13.2. The summed E-state index contributed by atoms with van der Waals surface area (Å²) in [6.45, 7) is 4.29. The minimum atomic E-state index is -0.307. The predicted octanol–water partition coefficient (Wildman–Crippen LogP) is 7.06.